The van der Waals surface area contributed by atoms with Gasteiger partial charge in [0.25, 0.3) is 18.3 Å². The van der Waals surface area contributed by atoms with Crippen molar-refractivity contribution in [2.45, 2.75) is 69.0 Å². The number of hydrogen-bond acceptors (Lipinski definition) is 8. The smallest absolute Gasteiger partial charge is 0.338 e. The van der Waals surface area contributed by atoms with E-state index in [1.165, 1.54) is 12.1 Å². The number of carbonyl (C=O) groups is 2. The number of benzene rings is 4. The number of carbonyl (C=O) groups excluding carboxylic acids is 2. The maximum atomic E-state index is 14.5. The molecule has 0 saturated carbocycles. The Kier molecular flexibility index (Phi) is 10.6. The van der Waals surface area contributed by atoms with Crippen LogP contribution >= 0.6 is 0 Å². The molecule has 0 aromatic heterocycles. The molecule has 1 saturated heterocycles. The Balaban J connectivity index is 1.43. The van der Waals surface area contributed by atoms with Crippen molar-refractivity contribution in [3.05, 3.63) is 126 Å². The van der Waals surface area contributed by atoms with Crippen molar-refractivity contribution in [2.75, 3.05) is 19.8 Å². The third-order valence-electron chi connectivity index (χ3n) is 10.1. The van der Waals surface area contributed by atoms with Crippen molar-refractivity contribution < 1.29 is 31.9 Å². The third kappa shape index (κ3) is 6.73. The van der Waals surface area contributed by atoms with Gasteiger partial charge in [0.05, 0.1) is 18.1 Å². The minimum atomic E-state index is -4.12. The highest BCUT2D eigenvalue weighted by atomic mass is 32.2. The topological polar surface area (TPSA) is 112 Å². The van der Waals surface area contributed by atoms with E-state index in [-0.39, 0.29) is 48.4 Å². The van der Waals surface area contributed by atoms with Gasteiger partial charge in [0.1, 0.15) is 0 Å². The number of aliphatic imine (C=N–C) groups is 1. The zero-order chi connectivity index (χ0) is 37.1. The summed E-state index contributed by atoms with van der Waals surface area (Å²) < 4.78 is 48.0. The molecule has 0 bridgehead atoms. The molecule has 0 radical (unpaired) electrons. The maximum absolute atomic E-state index is 14.5. The van der Waals surface area contributed by atoms with Gasteiger partial charge >= 0.3 is 5.97 Å². The molecular weight excluding hydrogens is 693 g/mol. The molecule has 2 heterocycles. The number of amides is 1. The molecule has 11 heteroatoms. The number of nitrogens with zero attached hydrogens (tertiary/aromatic N) is 2. The Morgan fingerprint density at radius 1 is 0.904 bits per heavy atom. The Labute approximate surface area is 307 Å². The van der Waals surface area contributed by atoms with Crippen LogP contribution in [0, 0.1) is 12.8 Å². The van der Waals surface area contributed by atoms with E-state index in [1.807, 2.05) is 73.7 Å². The Morgan fingerprint density at radius 3 is 1.98 bits per heavy atom. The van der Waals surface area contributed by atoms with Crippen molar-refractivity contribution in [3.8, 4) is 0 Å². The molecule has 0 unspecified atom stereocenters. The molecule has 9 nitrogen and oxygen atoms in total. The van der Waals surface area contributed by atoms with Gasteiger partial charge in [0.15, 0.2) is 6.10 Å². The van der Waals surface area contributed by atoms with Gasteiger partial charge in [-0.15, -0.1) is 0 Å². The summed E-state index contributed by atoms with van der Waals surface area (Å²) in [5.41, 5.74) is -0.128. The average Bonchev–Trinajstić information content (AvgIpc) is 3.53. The highest BCUT2D eigenvalue weighted by Gasteiger charge is 2.62. The first-order valence-corrected chi connectivity index (χ1v) is 21.1. The van der Waals surface area contributed by atoms with E-state index in [2.05, 4.69) is 45.0 Å². The van der Waals surface area contributed by atoms with Gasteiger partial charge in [0, 0.05) is 24.4 Å². The van der Waals surface area contributed by atoms with E-state index in [4.69, 9.17) is 18.9 Å². The SMILES string of the molecule is CCOC(=O)[C@]1([C@@H]2CCN(S(=O)(=O)c3ccc(C)cc3)C(=O)C2)N=C(c2ccccc2)O[C@@H]1CO[Si](c1ccccc1)(c1ccccc1)C(C)(C)C. The molecule has 4 aromatic rings. The summed E-state index contributed by atoms with van der Waals surface area (Å²) in [6.07, 6.45) is -1.07. The summed E-state index contributed by atoms with van der Waals surface area (Å²) in [5, 5.41) is 1.75. The van der Waals surface area contributed by atoms with Crippen LogP contribution in [0.4, 0.5) is 0 Å². The predicted octanol–water partition coefficient (Wildman–Crippen LogP) is 5.65. The summed E-state index contributed by atoms with van der Waals surface area (Å²) in [7, 11) is -7.23. The molecule has 6 rings (SSSR count). The van der Waals surface area contributed by atoms with Crippen LogP contribution in [0.5, 0.6) is 0 Å². The van der Waals surface area contributed by atoms with Gasteiger partial charge in [-0.25, -0.2) is 22.5 Å². The standard InChI is InChI=1S/C41H46N2O7SSi/c1-6-48-39(45)41(32-26-27-43(37(44)28-32)51(46,47)33-24-22-30(2)23-25-33)36(50-38(42-41)31-16-10-7-11-17-31)29-49-52(40(3,4)5,34-18-12-8-13-19-34)35-20-14-9-15-21-35/h7-25,32,36H,6,26-29H2,1-5H3/t32-,36-,41-/m1/s1. The minimum Gasteiger partial charge on any atom is -0.468 e. The van der Waals surface area contributed by atoms with Gasteiger partial charge in [0.2, 0.25) is 17.3 Å². The van der Waals surface area contributed by atoms with E-state index in [1.54, 1.807) is 19.1 Å². The van der Waals surface area contributed by atoms with Crippen LogP contribution in [-0.2, 0) is 33.5 Å². The summed E-state index contributed by atoms with van der Waals surface area (Å²) in [6, 6.07) is 36.0. The van der Waals surface area contributed by atoms with Crippen LogP contribution in [0.2, 0.25) is 5.04 Å². The number of hydrogen-bond donors (Lipinski definition) is 0. The van der Waals surface area contributed by atoms with Crippen molar-refractivity contribution in [1.82, 2.24) is 4.31 Å². The predicted molar refractivity (Wildman–Crippen MR) is 204 cm³/mol. The van der Waals surface area contributed by atoms with Crippen molar-refractivity contribution >= 4 is 46.5 Å². The van der Waals surface area contributed by atoms with Gasteiger partial charge < -0.3 is 13.9 Å². The monoisotopic (exact) mass is 738 g/mol. The first-order chi connectivity index (χ1) is 24.8. The molecular formula is C41H46N2O7SSi. The first kappa shape index (κ1) is 37.2. The molecule has 0 spiro atoms. The van der Waals surface area contributed by atoms with Crippen molar-refractivity contribution in [1.29, 1.82) is 0 Å². The zero-order valence-electron chi connectivity index (χ0n) is 30.3. The molecule has 272 valence electrons. The molecule has 2 aliphatic heterocycles. The lowest BCUT2D eigenvalue weighted by Crippen LogP contribution is -2.68. The molecule has 1 amide bonds. The van der Waals surface area contributed by atoms with Crippen molar-refractivity contribution in [2.24, 2.45) is 10.9 Å². The van der Waals surface area contributed by atoms with E-state index in [0.29, 0.717) is 5.56 Å². The largest absolute Gasteiger partial charge is 0.468 e. The number of rotatable bonds is 11. The van der Waals surface area contributed by atoms with Crippen LogP contribution in [-0.4, -0.2) is 70.2 Å². The Hall–Kier alpha value is -4.58. The molecule has 52 heavy (non-hydrogen) atoms. The van der Waals surface area contributed by atoms with Crippen LogP contribution in [0.3, 0.4) is 0 Å². The molecule has 1 fully saturated rings. The fourth-order valence-electron chi connectivity index (χ4n) is 7.55. The van der Waals surface area contributed by atoms with Crippen LogP contribution in [0.25, 0.3) is 0 Å². The second kappa shape index (κ2) is 14.8. The van der Waals surface area contributed by atoms with Crippen LogP contribution < -0.4 is 10.4 Å². The molecule has 3 atom stereocenters. The second-order valence-corrected chi connectivity index (χ2v) is 20.6. The summed E-state index contributed by atoms with van der Waals surface area (Å²) >= 11 is 0. The lowest BCUT2D eigenvalue weighted by atomic mass is 9.75. The molecule has 2 aliphatic rings. The van der Waals surface area contributed by atoms with Crippen molar-refractivity contribution in [3.63, 3.8) is 0 Å². The van der Waals surface area contributed by atoms with Crippen LogP contribution in [0.15, 0.2) is 125 Å². The quantitative estimate of drug-likeness (QED) is 0.145. The number of piperidine rings is 1. The lowest BCUT2D eigenvalue weighted by molar-refractivity contribution is -0.158. The molecule has 0 N–H and O–H groups in total. The van der Waals surface area contributed by atoms with Gasteiger partial charge in [-0.2, -0.15) is 0 Å². The molecule has 0 aliphatic carbocycles. The molecule has 4 aromatic carbocycles. The van der Waals surface area contributed by atoms with E-state index >= 15 is 0 Å². The Morgan fingerprint density at radius 2 is 1.46 bits per heavy atom. The number of esters is 1. The lowest BCUT2D eigenvalue weighted by Gasteiger charge is -2.45. The second-order valence-electron chi connectivity index (χ2n) is 14.4. The van der Waals surface area contributed by atoms with Gasteiger partial charge in [-0.1, -0.05) is 117 Å². The summed E-state index contributed by atoms with van der Waals surface area (Å²) in [5.74, 6) is -1.75. The van der Waals surface area contributed by atoms with Gasteiger partial charge in [-0.05, 0) is 59.9 Å². The van der Waals surface area contributed by atoms with Gasteiger partial charge in [-0.3, -0.25) is 4.79 Å². The average molecular weight is 739 g/mol. The highest BCUT2D eigenvalue weighted by molar-refractivity contribution is 7.89. The first-order valence-electron chi connectivity index (χ1n) is 17.7. The Bertz CT molecular complexity index is 1980. The fourth-order valence-corrected chi connectivity index (χ4v) is 13.5. The zero-order valence-corrected chi connectivity index (χ0v) is 32.1. The fraction of sp³-hybridized carbons (Fsp3) is 0.341. The van der Waals surface area contributed by atoms with E-state index in [0.717, 1.165) is 20.2 Å². The normalized spacial score (nSPS) is 21.0. The summed E-state index contributed by atoms with van der Waals surface area (Å²) in [6.45, 7) is 10.0. The van der Waals surface area contributed by atoms with E-state index in [9.17, 15) is 18.0 Å². The third-order valence-corrected chi connectivity index (χ3v) is 17.0. The highest BCUT2D eigenvalue weighted by Crippen LogP contribution is 2.44. The van der Waals surface area contributed by atoms with Crippen LogP contribution in [0.1, 0.15) is 51.7 Å². The minimum absolute atomic E-state index is 0.0372. The summed E-state index contributed by atoms with van der Waals surface area (Å²) in [4.78, 5) is 33.5. The number of ether oxygens (including phenoxy) is 2. The number of aryl methyl sites for hydroxylation is 1. The maximum Gasteiger partial charge on any atom is 0.338 e. The number of sulfonamides is 1. The van der Waals surface area contributed by atoms with E-state index < -0.39 is 47.8 Å².